The number of thioether (sulfide) groups is 1. The summed E-state index contributed by atoms with van der Waals surface area (Å²) in [5.41, 5.74) is 3.69. The van der Waals surface area contributed by atoms with Crippen LogP contribution in [0.5, 0.6) is 0 Å². The third-order valence-corrected chi connectivity index (χ3v) is 6.46. The Bertz CT molecular complexity index is 1040. The maximum atomic E-state index is 13.4. The molecule has 1 heterocycles. The number of allylic oxidation sites excluding steroid dienone is 4. The van der Waals surface area contributed by atoms with Crippen LogP contribution in [0.15, 0.2) is 75.8 Å². The van der Waals surface area contributed by atoms with Gasteiger partial charge in [-0.1, -0.05) is 69.3 Å². The molecule has 0 aliphatic heterocycles. The van der Waals surface area contributed by atoms with Gasteiger partial charge in [0.25, 0.3) is 0 Å². The van der Waals surface area contributed by atoms with Crippen molar-refractivity contribution in [1.29, 1.82) is 0 Å². The molecule has 0 bridgehead atoms. The Morgan fingerprint density at radius 2 is 1.82 bits per heavy atom. The maximum absolute atomic E-state index is 13.4. The van der Waals surface area contributed by atoms with Crippen molar-refractivity contribution in [3.8, 4) is 11.1 Å². The Morgan fingerprint density at radius 3 is 2.47 bits per heavy atom. The minimum absolute atomic E-state index is 0.0129. The predicted molar refractivity (Wildman–Crippen MR) is 148 cm³/mol. The van der Waals surface area contributed by atoms with E-state index in [1.165, 1.54) is 21.9 Å². The van der Waals surface area contributed by atoms with Gasteiger partial charge in [0.2, 0.25) is 0 Å². The lowest BCUT2D eigenvalue weighted by Crippen LogP contribution is -2.23. The normalized spacial score (nSPS) is 14.0. The molecule has 2 rings (SSSR count). The van der Waals surface area contributed by atoms with E-state index in [1.54, 1.807) is 23.9 Å². The smallest absolute Gasteiger partial charge is 0.134 e. The molecule has 34 heavy (non-hydrogen) atoms. The topological polar surface area (TPSA) is 37.3 Å². The highest BCUT2D eigenvalue weighted by Crippen LogP contribution is 2.30. The number of aryl methyl sites for hydroxylation is 1. The number of benzene rings is 1. The van der Waals surface area contributed by atoms with Gasteiger partial charge in [-0.05, 0) is 74.9 Å². The molecule has 0 amide bonds. The number of aliphatic imine (C=N–C) groups is 1. The summed E-state index contributed by atoms with van der Waals surface area (Å²) in [5, 5.41) is 3.42. The number of hydrogen-bond acceptors (Lipinski definition) is 3. The number of nitrogens with one attached hydrogen (secondary N) is 1. The maximum Gasteiger partial charge on any atom is 0.134 e. The summed E-state index contributed by atoms with van der Waals surface area (Å²) in [6.45, 7) is 12.8. The first-order chi connectivity index (χ1) is 16.4. The van der Waals surface area contributed by atoms with E-state index in [-0.39, 0.29) is 11.9 Å². The second-order valence-corrected chi connectivity index (χ2v) is 9.51. The zero-order valence-electron chi connectivity index (χ0n) is 21.4. The minimum atomic E-state index is -0.247. The zero-order valence-corrected chi connectivity index (χ0v) is 22.2. The summed E-state index contributed by atoms with van der Waals surface area (Å²) in [7, 11) is 0. The second-order valence-electron chi connectivity index (χ2n) is 8.19. The van der Waals surface area contributed by atoms with Gasteiger partial charge >= 0.3 is 0 Å². The number of unbranched alkanes of at least 4 members (excludes halogenated alkanes) is 1. The van der Waals surface area contributed by atoms with Gasteiger partial charge < -0.3 is 5.32 Å². The molecule has 1 N–H and O–H groups in total. The summed E-state index contributed by atoms with van der Waals surface area (Å²) in [6.07, 6.45) is 14.5. The van der Waals surface area contributed by atoms with Gasteiger partial charge in [-0.3, -0.25) is 9.98 Å². The molecule has 1 aromatic heterocycles. The summed E-state index contributed by atoms with van der Waals surface area (Å²) in [5.74, 6) is 0.538. The number of hydrogen-bond donors (Lipinski definition) is 1. The summed E-state index contributed by atoms with van der Waals surface area (Å²) >= 11 is 1.79. The average molecular weight is 480 g/mol. The first kappa shape index (κ1) is 27.6. The van der Waals surface area contributed by atoms with Crippen molar-refractivity contribution < 1.29 is 4.39 Å². The molecular weight excluding hydrogens is 441 g/mol. The Hall–Kier alpha value is -2.66. The van der Waals surface area contributed by atoms with Gasteiger partial charge in [0.1, 0.15) is 11.7 Å². The van der Waals surface area contributed by atoms with Crippen molar-refractivity contribution in [3.05, 3.63) is 87.8 Å². The van der Waals surface area contributed by atoms with Gasteiger partial charge in [-0.2, -0.15) is 0 Å². The fraction of sp³-hybridized carbons (Fsp3) is 0.379. The molecule has 0 aliphatic rings. The first-order valence-electron chi connectivity index (χ1n) is 12.2. The zero-order chi connectivity index (χ0) is 24.9. The van der Waals surface area contributed by atoms with Crippen molar-refractivity contribution in [2.75, 3.05) is 0 Å². The van der Waals surface area contributed by atoms with Crippen molar-refractivity contribution >= 4 is 17.6 Å². The third-order valence-electron chi connectivity index (χ3n) is 5.22. The fourth-order valence-corrected chi connectivity index (χ4v) is 4.51. The number of amidine groups is 1. The molecule has 3 nitrogen and oxygen atoms in total. The molecule has 182 valence electrons. The number of nitrogens with zero attached hydrogens (tertiary/aromatic N) is 2. The number of halogens is 1. The van der Waals surface area contributed by atoms with Crippen molar-refractivity contribution in [2.24, 2.45) is 4.99 Å². The van der Waals surface area contributed by atoms with Crippen molar-refractivity contribution in [1.82, 2.24) is 10.3 Å². The van der Waals surface area contributed by atoms with Crippen LogP contribution >= 0.6 is 11.8 Å². The molecule has 0 spiro atoms. The van der Waals surface area contributed by atoms with Crippen molar-refractivity contribution in [2.45, 2.75) is 73.3 Å². The quantitative estimate of drug-likeness (QED) is 0.259. The Labute approximate surface area is 209 Å². The second kappa shape index (κ2) is 14.6. The first-order valence-corrected chi connectivity index (χ1v) is 13.0. The molecule has 0 fully saturated rings. The van der Waals surface area contributed by atoms with Gasteiger partial charge in [-0.15, -0.1) is 0 Å². The molecule has 5 heteroatoms. The molecular formula is C29H38FN3S. The summed E-state index contributed by atoms with van der Waals surface area (Å²) in [4.78, 5) is 12.3. The Kier molecular flexibility index (Phi) is 11.8. The lowest BCUT2D eigenvalue weighted by molar-refractivity contribution is 0.628. The van der Waals surface area contributed by atoms with Crippen molar-refractivity contribution in [3.63, 3.8) is 0 Å². The van der Waals surface area contributed by atoms with E-state index < -0.39 is 0 Å². The molecule has 1 atom stereocenters. The van der Waals surface area contributed by atoms with E-state index in [4.69, 9.17) is 4.99 Å². The van der Waals surface area contributed by atoms with Gasteiger partial charge in [0.15, 0.2) is 0 Å². The molecule has 0 saturated carbocycles. The molecule has 0 aliphatic carbocycles. The molecule has 1 unspecified atom stereocenters. The minimum Gasteiger partial charge on any atom is -0.347 e. The number of pyridine rings is 1. The summed E-state index contributed by atoms with van der Waals surface area (Å²) < 4.78 is 13.4. The molecule has 1 aromatic carbocycles. The molecule has 2 aromatic rings. The van der Waals surface area contributed by atoms with Crippen LogP contribution in [-0.4, -0.2) is 16.9 Å². The van der Waals surface area contributed by atoms with Crippen LogP contribution in [0, 0.1) is 12.7 Å². The van der Waals surface area contributed by atoms with Crippen LogP contribution in [0.4, 0.5) is 4.39 Å². The number of rotatable bonds is 11. The van der Waals surface area contributed by atoms with E-state index in [2.05, 4.69) is 69.2 Å². The molecule has 0 radical (unpaired) electrons. The predicted octanol–water partition coefficient (Wildman–Crippen LogP) is 8.58. The van der Waals surface area contributed by atoms with Gasteiger partial charge in [-0.25, -0.2) is 4.39 Å². The van der Waals surface area contributed by atoms with E-state index in [0.29, 0.717) is 0 Å². The van der Waals surface area contributed by atoms with Crippen LogP contribution in [-0.2, 0) is 0 Å². The highest BCUT2D eigenvalue weighted by molar-refractivity contribution is 8.06. The Balaban J connectivity index is 2.49. The standard InChI is InChI=1S/C29H38FN3S/c1-7-10-11-18-31-29(33-23(6)28(13-9-3)34-21(4)12-8-2)27-19-25(20-32-22(27)5)24-14-16-26(30)17-15-24/h11-20,23H,7-10H2,1-6H3,(H,31,33)/b18-11+,21-12-,28-13+. The van der Waals surface area contributed by atoms with E-state index >= 15 is 0 Å². The highest BCUT2D eigenvalue weighted by atomic mass is 32.2. The van der Waals surface area contributed by atoms with Crippen LogP contribution in [0.25, 0.3) is 11.1 Å². The SMILES string of the molecule is CC/C=C(/C)S/C(=C/CC)C(C)N=C(N/C=C/CCC)c1cc(-c2ccc(F)cc2)cnc1C. The van der Waals surface area contributed by atoms with E-state index in [1.807, 2.05) is 19.3 Å². The summed E-state index contributed by atoms with van der Waals surface area (Å²) in [6, 6.07) is 8.58. The third kappa shape index (κ3) is 8.60. The van der Waals surface area contributed by atoms with Gasteiger partial charge in [0.05, 0.1) is 6.04 Å². The highest BCUT2D eigenvalue weighted by Gasteiger charge is 2.14. The Morgan fingerprint density at radius 1 is 1.12 bits per heavy atom. The van der Waals surface area contributed by atoms with Crippen LogP contribution in [0.2, 0.25) is 0 Å². The van der Waals surface area contributed by atoms with Crippen LogP contribution in [0.1, 0.15) is 71.6 Å². The van der Waals surface area contributed by atoms with Crippen LogP contribution in [0.3, 0.4) is 0 Å². The lowest BCUT2D eigenvalue weighted by atomic mass is 10.0. The average Bonchev–Trinajstić information content (AvgIpc) is 2.82. The van der Waals surface area contributed by atoms with Crippen LogP contribution < -0.4 is 5.32 Å². The molecule has 0 saturated heterocycles. The number of aromatic nitrogens is 1. The largest absolute Gasteiger partial charge is 0.347 e. The van der Waals surface area contributed by atoms with Gasteiger partial charge in [0, 0.05) is 27.9 Å². The lowest BCUT2D eigenvalue weighted by Gasteiger charge is -2.17. The van der Waals surface area contributed by atoms with E-state index in [0.717, 1.165) is 53.9 Å². The monoisotopic (exact) mass is 479 g/mol. The fourth-order valence-electron chi connectivity index (χ4n) is 3.42. The van der Waals surface area contributed by atoms with E-state index in [9.17, 15) is 4.39 Å².